The van der Waals surface area contributed by atoms with Crippen molar-refractivity contribution >= 4 is 12.4 Å². The van der Waals surface area contributed by atoms with E-state index in [2.05, 4.69) is 5.32 Å². The van der Waals surface area contributed by atoms with Gasteiger partial charge < -0.3 is 4.74 Å². The van der Waals surface area contributed by atoms with Crippen LogP contribution in [-0.4, -0.2) is 19.1 Å². The number of nitrogens with one attached hydrogen (secondary N) is 1. The molecule has 0 fully saturated rings. The third-order valence-electron chi connectivity index (χ3n) is 3.60. The average Bonchev–Trinajstić information content (AvgIpc) is 2.53. The molecule has 118 valence electrons. The maximum atomic E-state index is 11.7. The van der Waals surface area contributed by atoms with Crippen molar-refractivity contribution in [3.05, 3.63) is 75.8 Å². The van der Waals surface area contributed by atoms with Gasteiger partial charge in [0.2, 0.25) is 0 Å². The lowest BCUT2D eigenvalue weighted by atomic mass is 9.92. The van der Waals surface area contributed by atoms with Crippen molar-refractivity contribution in [1.82, 2.24) is 5.32 Å². The molecule has 0 aliphatic rings. The van der Waals surface area contributed by atoms with Gasteiger partial charge in [-0.2, -0.15) is 0 Å². The Kier molecular flexibility index (Phi) is 6.34. The van der Waals surface area contributed by atoms with E-state index in [0.29, 0.717) is 11.3 Å². The van der Waals surface area contributed by atoms with Crippen molar-refractivity contribution in [2.24, 2.45) is 0 Å². The van der Waals surface area contributed by atoms with Crippen molar-refractivity contribution in [3.63, 3.8) is 0 Å². The van der Waals surface area contributed by atoms with Crippen LogP contribution in [0.3, 0.4) is 0 Å². The highest BCUT2D eigenvalue weighted by molar-refractivity contribution is 5.85. The maximum absolute atomic E-state index is 11.7. The van der Waals surface area contributed by atoms with E-state index < -0.39 is 5.66 Å². The second-order valence-electron chi connectivity index (χ2n) is 4.76. The van der Waals surface area contributed by atoms with E-state index in [-0.39, 0.29) is 23.8 Å². The number of nitro groups is 1. The molecule has 0 aromatic heterocycles. The Balaban J connectivity index is 0.00000242. The van der Waals surface area contributed by atoms with Crippen LogP contribution in [0.25, 0.3) is 0 Å². The number of rotatable bonds is 6. The minimum absolute atomic E-state index is 0. The molecule has 2 rings (SSSR count). The summed E-state index contributed by atoms with van der Waals surface area (Å²) in [7, 11) is 3.17. The fourth-order valence-electron chi connectivity index (χ4n) is 2.35. The van der Waals surface area contributed by atoms with Gasteiger partial charge in [0.25, 0.3) is 0 Å². The lowest BCUT2D eigenvalue weighted by molar-refractivity contribution is -0.587. The van der Waals surface area contributed by atoms with Crippen LogP contribution in [0.1, 0.15) is 11.1 Å². The molecule has 0 spiro atoms. The summed E-state index contributed by atoms with van der Waals surface area (Å²) >= 11 is 0. The van der Waals surface area contributed by atoms with Gasteiger partial charge in [0.1, 0.15) is 5.75 Å². The molecule has 0 amide bonds. The Bertz CT molecular complexity index is 605. The molecule has 0 aliphatic heterocycles. The van der Waals surface area contributed by atoms with E-state index >= 15 is 0 Å². The van der Waals surface area contributed by atoms with Gasteiger partial charge in [0.15, 0.2) is 0 Å². The number of likely N-dealkylation sites (N-methyl/N-ethyl adjacent to an activating group) is 1. The van der Waals surface area contributed by atoms with Crippen LogP contribution in [0.15, 0.2) is 54.6 Å². The molecule has 0 radical (unpaired) electrons. The molecule has 0 heterocycles. The summed E-state index contributed by atoms with van der Waals surface area (Å²) in [5, 5.41) is 14.6. The van der Waals surface area contributed by atoms with E-state index in [0.717, 1.165) is 5.56 Å². The predicted molar refractivity (Wildman–Crippen MR) is 88.1 cm³/mol. The van der Waals surface area contributed by atoms with Gasteiger partial charge in [-0.1, -0.05) is 30.3 Å². The van der Waals surface area contributed by atoms with Crippen LogP contribution >= 0.6 is 12.4 Å². The first-order valence-corrected chi connectivity index (χ1v) is 6.64. The number of ether oxygens (including phenoxy) is 1. The third-order valence-corrected chi connectivity index (χ3v) is 3.60. The van der Waals surface area contributed by atoms with Gasteiger partial charge in [0, 0.05) is 10.5 Å². The molecule has 0 bridgehead atoms. The van der Waals surface area contributed by atoms with Crippen LogP contribution in [0.2, 0.25) is 0 Å². The highest BCUT2D eigenvalue weighted by Gasteiger charge is 2.43. The number of hydrogen-bond acceptors (Lipinski definition) is 4. The zero-order valence-corrected chi connectivity index (χ0v) is 13.3. The number of methoxy groups -OCH3 is 1. The molecule has 6 heteroatoms. The van der Waals surface area contributed by atoms with Crippen LogP contribution in [-0.2, 0) is 12.1 Å². The molecule has 1 atom stereocenters. The quantitative estimate of drug-likeness (QED) is 0.504. The summed E-state index contributed by atoms with van der Waals surface area (Å²) in [4.78, 5) is 11.4. The molecule has 1 unspecified atom stereocenters. The van der Waals surface area contributed by atoms with E-state index in [1.807, 2.05) is 30.3 Å². The Morgan fingerprint density at radius 3 is 2.18 bits per heavy atom. The lowest BCUT2D eigenvalue weighted by Gasteiger charge is -2.25. The molecule has 22 heavy (non-hydrogen) atoms. The zero-order valence-electron chi connectivity index (χ0n) is 12.5. The summed E-state index contributed by atoms with van der Waals surface area (Å²) < 4.78 is 5.10. The lowest BCUT2D eigenvalue weighted by Crippen LogP contribution is -2.49. The minimum atomic E-state index is -1.35. The second kappa shape index (κ2) is 7.77. The van der Waals surface area contributed by atoms with Crippen LogP contribution in [0.4, 0.5) is 0 Å². The van der Waals surface area contributed by atoms with Gasteiger partial charge in [-0.25, -0.2) is 0 Å². The predicted octanol–water partition coefficient (Wildman–Crippen LogP) is 3.01. The van der Waals surface area contributed by atoms with E-state index in [9.17, 15) is 10.1 Å². The smallest absolute Gasteiger partial charge is 0.304 e. The first kappa shape index (κ1) is 17.9. The number of halogens is 1. The van der Waals surface area contributed by atoms with E-state index in [1.54, 1.807) is 38.4 Å². The molecule has 0 saturated carbocycles. The molecule has 5 nitrogen and oxygen atoms in total. The molecular formula is C16H19ClN2O3. The fourth-order valence-corrected chi connectivity index (χ4v) is 2.35. The number of benzene rings is 2. The highest BCUT2D eigenvalue weighted by Crippen LogP contribution is 2.28. The van der Waals surface area contributed by atoms with Crippen molar-refractivity contribution in [2.45, 2.75) is 12.1 Å². The summed E-state index contributed by atoms with van der Waals surface area (Å²) in [5.41, 5.74) is 0.146. The second-order valence-corrected chi connectivity index (χ2v) is 4.76. The summed E-state index contributed by atoms with van der Waals surface area (Å²) in [6.45, 7) is 0. The normalized spacial score (nSPS) is 12.8. The Labute approximate surface area is 135 Å². The van der Waals surface area contributed by atoms with Crippen LogP contribution in [0, 0.1) is 10.1 Å². The standard InChI is InChI=1S/C16H18N2O3.ClH/c1-17-16(18(19)20,12-13-6-4-3-5-7-13)14-8-10-15(21-2)11-9-14;/h3-11,17H,12H2,1-2H3;1H. The van der Waals surface area contributed by atoms with Gasteiger partial charge in [-0.05, 0) is 36.9 Å². The first-order chi connectivity index (χ1) is 10.1. The molecule has 0 saturated heterocycles. The molecule has 2 aromatic rings. The van der Waals surface area contributed by atoms with Gasteiger partial charge in [-0.15, -0.1) is 12.4 Å². The molecule has 1 N–H and O–H groups in total. The summed E-state index contributed by atoms with van der Waals surface area (Å²) in [6, 6.07) is 16.3. The Morgan fingerprint density at radius 2 is 1.73 bits per heavy atom. The van der Waals surface area contributed by atoms with Crippen molar-refractivity contribution < 1.29 is 9.66 Å². The maximum Gasteiger partial charge on any atom is 0.304 e. The van der Waals surface area contributed by atoms with Crippen LogP contribution in [0.5, 0.6) is 5.75 Å². The van der Waals surface area contributed by atoms with Crippen molar-refractivity contribution in [3.8, 4) is 5.75 Å². The van der Waals surface area contributed by atoms with E-state index in [4.69, 9.17) is 4.74 Å². The third kappa shape index (κ3) is 3.55. The molecular weight excluding hydrogens is 304 g/mol. The van der Waals surface area contributed by atoms with Crippen molar-refractivity contribution in [1.29, 1.82) is 0 Å². The SMILES string of the molecule is CNC(Cc1ccccc1)(c1ccc(OC)cc1)[N+](=O)[O-].Cl. The number of hydrogen-bond donors (Lipinski definition) is 1. The Hall–Kier alpha value is -2.11. The largest absolute Gasteiger partial charge is 0.497 e. The van der Waals surface area contributed by atoms with Crippen molar-refractivity contribution in [2.75, 3.05) is 14.2 Å². The van der Waals surface area contributed by atoms with Crippen LogP contribution < -0.4 is 10.1 Å². The van der Waals surface area contributed by atoms with E-state index in [1.165, 1.54) is 0 Å². The van der Waals surface area contributed by atoms with Gasteiger partial charge >= 0.3 is 5.66 Å². The summed E-state index contributed by atoms with van der Waals surface area (Å²) in [6.07, 6.45) is 0.268. The first-order valence-electron chi connectivity index (χ1n) is 6.64. The molecule has 2 aromatic carbocycles. The average molecular weight is 323 g/mol. The topological polar surface area (TPSA) is 64.4 Å². The number of nitrogens with zero attached hydrogens (tertiary/aromatic N) is 1. The monoisotopic (exact) mass is 322 g/mol. The fraction of sp³-hybridized carbons (Fsp3) is 0.250. The Morgan fingerprint density at radius 1 is 1.14 bits per heavy atom. The zero-order chi connectivity index (χ0) is 15.3. The van der Waals surface area contributed by atoms with Gasteiger partial charge in [-0.3, -0.25) is 15.4 Å². The summed E-state index contributed by atoms with van der Waals surface area (Å²) in [5.74, 6) is 0.673. The van der Waals surface area contributed by atoms with Gasteiger partial charge in [0.05, 0.1) is 13.5 Å². The molecule has 0 aliphatic carbocycles. The highest BCUT2D eigenvalue weighted by atomic mass is 35.5. The minimum Gasteiger partial charge on any atom is -0.497 e.